The van der Waals surface area contributed by atoms with Gasteiger partial charge in [-0.3, -0.25) is 4.57 Å². The van der Waals surface area contributed by atoms with E-state index < -0.39 is 0 Å². The molecule has 0 unspecified atom stereocenters. The molecular formula is C21H20N2O3S. The van der Waals surface area contributed by atoms with Crippen molar-refractivity contribution in [3.63, 3.8) is 0 Å². The van der Waals surface area contributed by atoms with Crippen LogP contribution in [0.5, 0.6) is 5.88 Å². The zero-order chi connectivity index (χ0) is 18.0. The van der Waals surface area contributed by atoms with Gasteiger partial charge in [0.25, 0.3) is 0 Å². The predicted molar refractivity (Wildman–Crippen MR) is 102 cm³/mol. The molecule has 0 spiro atoms. The van der Waals surface area contributed by atoms with Crippen LogP contribution in [0.4, 0.5) is 0 Å². The van der Waals surface area contributed by atoms with Gasteiger partial charge in [0.05, 0.1) is 22.1 Å². The number of fused-ring (bicyclic) bond motifs is 4. The Bertz CT molecular complexity index is 1040. The summed E-state index contributed by atoms with van der Waals surface area (Å²) in [6.07, 6.45) is 5.44. The first kappa shape index (κ1) is 15.9. The van der Waals surface area contributed by atoms with Crippen molar-refractivity contribution in [1.82, 2.24) is 9.55 Å². The Hall–Kier alpha value is -2.10. The molecule has 27 heavy (non-hydrogen) atoms. The number of aromatic nitrogens is 2. The van der Waals surface area contributed by atoms with Gasteiger partial charge in [-0.1, -0.05) is 11.8 Å². The predicted octanol–water partition coefficient (Wildman–Crippen LogP) is 2.85. The molecule has 0 aromatic carbocycles. The maximum Gasteiger partial charge on any atom is 0.351 e. The number of rotatable bonds is 3. The molecule has 2 saturated carbocycles. The molecule has 0 radical (unpaired) electrons. The van der Waals surface area contributed by atoms with Crippen LogP contribution in [0, 0.1) is 23.7 Å². The van der Waals surface area contributed by atoms with Crippen molar-refractivity contribution < 1.29 is 9.47 Å². The highest BCUT2D eigenvalue weighted by atomic mass is 32.1. The van der Waals surface area contributed by atoms with Crippen molar-refractivity contribution in [2.24, 2.45) is 11.8 Å². The van der Waals surface area contributed by atoms with Crippen molar-refractivity contribution in [2.45, 2.75) is 44.2 Å². The summed E-state index contributed by atoms with van der Waals surface area (Å²) in [5, 5.41) is 0. The van der Waals surface area contributed by atoms with Gasteiger partial charge in [-0.15, -0.1) is 11.3 Å². The third-order valence-electron chi connectivity index (χ3n) is 6.04. The van der Waals surface area contributed by atoms with Gasteiger partial charge >= 0.3 is 5.69 Å². The number of hydrogen-bond acceptors (Lipinski definition) is 5. The van der Waals surface area contributed by atoms with Crippen molar-refractivity contribution in [1.29, 1.82) is 0 Å². The van der Waals surface area contributed by atoms with Crippen LogP contribution in [-0.4, -0.2) is 28.4 Å². The molecule has 138 valence electrons. The number of nitrogens with zero attached hydrogens (tertiary/aromatic N) is 2. The molecular weight excluding hydrogens is 360 g/mol. The first-order valence-electron chi connectivity index (χ1n) is 9.71. The van der Waals surface area contributed by atoms with Crippen molar-refractivity contribution in [3.8, 4) is 28.3 Å². The highest BCUT2D eigenvalue weighted by molar-refractivity contribution is 7.16. The van der Waals surface area contributed by atoms with E-state index in [1.807, 2.05) is 6.07 Å². The molecule has 3 aliphatic heterocycles. The monoisotopic (exact) mass is 380 g/mol. The zero-order valence-corrected chi connectivity index (χ0v) is 15.8. The second-order valence-corrected chi connectivity index (χ2v) is 9.28. The maximum absolute atomic E-state index is 12.5. The second kappa shape index (κ2) is 5.70. The Balaban J connectivity index is 1.31. The standard InChI is InChI=1S/C21H20N2O3S/c24-20-22-18(25-12-21-9-14(10-21)11-26-21)8-17-19-15(5-6-23(17)20)7-16(27-19)4-3-13-1-2-13/h7-8,13-14H,1-2,5-6,9-12H2. The van der Waals surface area contributed by atoms with Crippen LogP contribution in [0.3, 0.4) is 0 Å². The van der Waals surface area contributed by atoms with Crippen LogP contribution >= 0.6 is 11.3 Å². The molecule has 2 saturated heterocycles. The van der Waals surface area contributed by atoms with E-state index in [2.05, 4.69) is 22.9 Å². The highest BCUT2D eigenvalue weighted by Crippen LogP contribution is 2.48. The number of ether oxygens (including phenoxy) is 2. The maximum atomic E-state index is 12.5. The van der Waals surface area contributed by atoms with Gasteiger partial charge < -0.3 is 9.47 Å². The molecule has 0 amide bonds. The zero-order valence-electron chi connectivity index (χ0n) is 15.0. The van der Waals surface area contributed by atoms with Gasteiger partial charge in [0.2, 0.25) is 5.88 Å². The normalized spacial score (nSPS) is 27.2. The summed E-state index contributed by atoms with van der Waals surface area (Å²) in [5.74, 6) is 8.34. The first-order valence-corrected chi connectivity index (χ1v) is 10.5. The summed E-state index contributed by atoms with van der Waals surface area (Å²) in [5.41, 5.74) is 1.81. The van der Waals surface area contributed by atoms with Gasteiger partial charge in [-0.05, 0) is 49.7 Å². The molecule has 5 nitrogen and oxygen atoms in total. The highest BCUT2D eigenvalue weighted by Gasteiger charge is 2.52. The summed E-state index contributed by atoms with van der Waals surface area (Å²) in [7, 11) is 0. The second-order valence-electron chi connectivity index (χ2n) is 8.23. The van der Waals surface area contributed by atoms with Crippen LogP contribution in [0.1, 0.15) is 36.1 Å². The minimum atomic E-state index is -0.233. The SMILES string of the molecule is O=c1nc(OCC23CC(CO2)C3)cc2n1CCc1cc(C#CC3CC3)sc1-2. The summed E-state index contributed by atoms with van der Waals surface area (Å²) in [4.78, 5) is 18.9. The van der Waals surface area contributed by atoms with E-state index >= 15 is 0 Å². The lowest BCUT2D eigenvalue weighted by atomic mass is 9.75. The van der Waals surface area contributed by atoms with Crippen LogP contribution in [-0.2, 0) is 17.7 Å². The molecule has 4 fully saturated rings. The first-order chi connectivity index (χ1) is 13.2. The molecule has 2 aromatic rings. The molecule has 7 rings (SSSR count). The van der Waals surface area contributed by atoms with E-state index in [1.165, 1.54) is 18.4 Å². The van der Waals surface area contributed by atoms with Crippen LogP contribution < -0.4 is 10.4 Å². The third kappa shape index (κ3) is 2.72. The van der Waals surface area contributed by atoms with E-state index in [0.29, 0.717) is 30.9 Å². The fourth-order valence-electron chi connectivity index (χ4n) is 4.38. The van der Waals surface area contributed by atoms with Crippen LogP contribution in [0.15, 0.2) is 16.9 Å². The lowest BCUT2D eigenvalue weighted by Gasteiger charge is -2.35. The minimum Gasteiger partial charge on any atom is -0.474 e. The number of aryl methyl sites for hydroxylation is 1. The summed E-state index contributed by atoms with van der Waals surface area (Å²) >= 11 is 1.67. The molecule has 5 aliphatic rings. The van der Waals surface area contributed by atoms with Gasteiger partial charge in [0, 0.05) is 18.5 Å². The van der Waals surface area contributed by atoms with Crippen LogP contribution in [0.25, 0.3) is 10.6 Å². The minimum absolute atomic E-state index is 0.141. The fourth-order valence-corrected chi connectivity index (χ4v) is 5.47. The Morgan fingerprint density at radius 3 is 3.04 bits per heavy atom. The topological polar surface area (TPSA) is 53.4 Å². The molecule has 2 bridgehead atoms. The smallest absolute Gasteiger partial charge is 0.351 e. The molecule has 6 heteroatoms. The Morgan fingerprint density at radius 1 is 1.37 bits per heavy atom. The quantitative estimate of drug-likeness (QED) is 0.769. The van der Waals surface area contributed by atoms with Gasteiger partial charge in [0.15, 0.2) is 0 Å². The lowest BCUT2D eigenvalue weighted by Crippen LogP contribution is -2.42. The van der Waals surface area contributed by atoms with Crippen molar-refractivity contribution >= 4 is 11.3 Å². The Kier molecular flexibility index (Phi) is 3.36. The summed E-state index contributed by atoms with van der Waals surface area (Å²) in [6.45, 7) is 1.98. The summed E-state index contributed by atoms with van der Waals surface area (Å²) in [6, 6.07) is 4.10. The molecule has 2 aliphatic carbocycles. The van der Waals surface area contributed by atoms with E-state index in [0.717, 1.165) is 41.3 Å². The average molecular weight is 380 g/mol. The number of hydrogen-bond donors (Lipinski definition) is 0. The van der Waals surface area contributed by atoms with Crippen molar-refractivity contribution in [3.05, 3.63) is 33.1 Å². The molecule has 0 atom stereocenters. The Labute approximate surface area is 161 Å². The van der Waals surface area contributed by atoms with Gasteiger partial charge in [0.1, 0.15) is 12.2 Å². The lowest BCUT2D eigenvalue weighted by molar-refractivity contribution is -0.0369. The molecule has 5 heterocycles. The third-order valence-corrected chi connectivity index (χ3v) is 7.16. The van der Waals surface area contributed by atoms with Gasteiger partial charge in [-0.25, -0.2) is 4.79 Å². The number of thiophene rings is 1. The van der Waals surface area contributed by atoms with Crippen molar-refractivity contribution in [2.75, 3.05) is 13.2 Å². The van der Waals surface area contributed by atoms with E-state index in [-0.39, 0.29) is 11.3 Å². The van der Waals surface area contributed by atoms with E-state index in [4.69, 9.17) is 9.47 Å². The Morgan fingerprint density at radius 2 is 2.26 bits per heavy atom. The van der Waals surface area contributed by atoms with E-state index in [9.17, 15) is 4.79 Å². The van der Waals surface area contributed by atoms with E-state index in [1.54, 1.807) is 15.9 Å². The molecule has 2 aromatic heterocycles. The van der Waals surface area contributed by atoms with Gasteiger partial charge in [-0.2, -0.15) is 4.98 Å². The summed E-state index contributed by atoms with van der Waals surface area (Å²) < 4.78 is 13.5. The molecule has 0 N–H and O–H groups in total. The largest absolute Gasteiger partial charge is 0.474 e. The van der Waals surface area contributed by atoms with Crippen LogP contribution in [0.2, 0.25) is 0 Å². The average Bonchev–Trinajstić information content (AvgIpc) is 3.05. The fraction of sp³-hybridized carbons (Fsp3) is 0.524.